The molecule has 0 aliphatic heterocycles. The van der Waals surface area contributed by atoms with E-state index in [2.05, 4.69) is 20.7 Å². The van der Waals surface area contributed by atoms with Crippen LogP contribution in [0.3, 0.4) is 0 Å². The van der Waals surface area contributed by atoms with Gasteiger partial charge in [0.15, 0.2) is 0 Å². The number of hydrogen-bond acceptors (Lipinski definition) is 4. The Bertz CT molecular complexity index is 437. The second-order valence-corrected chi connectivity index (χ2v) is 3.46. The normalized spacial score (nSPS) is 9.20. The molecule has 0 heterocycles. The monoisotopic (exact) mass is 269 g/mol. The van der Waals surface area contributed by atoms with Crippen molar-refractivity contribution in [1.29, 1.82) is 5.26 Å². The van der Waals surface area contributed by atoms with Crippen molar-refractivity contribution in [2.24, 2.45) is 0 Å². The fourth-order valence-corrected chi connectivity index (χ4v) is 1.65. The predicted molar refractivity (Wildman–Crippen MR) is 56.7 cm³/mol. The Labute approximate surface area is 95.5 Å². The third-order valence-electron chi connectivity index (χ3n) is 1.82. The molecule has 0 aromatic heterocycles. The Morgan fingerprint density at radius 2 is 2.13 bits per heavy atom. The van der Waals surface area contributed by atoms with E-state index in [1.165, 1.54) is 20.3 Å². The highest BCUT2D eigenvalue weighted by atomic mass is 79.9. The van der Waals surface area contributed by atoms with Crippen LogP contribution in [-0.2, 0) is 4.74 Å². The molecule has 1 aromatic rings. The fraction of sp³-hybridized carbons (Fsp3) is 0.200. The summed E-state index contributed by atoms with van der Waals surface area (Å²) in [7, 11) is 2.68. The summed E-state index contributed by atoms with van der Waals surface area (Å²) >= 11 is 3.23. The van der Waals surface area contributed by atoms with Gasteiger partial charge in [-0.05, 0) is 28.1 Å². The molecule has 1 aromatic carbocycles. The van der Waals surface area contributed by atoms with Crippen LogP contribution in [0.1, 0.15) is 15.9 Å². The van der Waals surface area contributed by atoms with E-state index in [1.54, 1.807) is 6.07 Å². The van der Waals surface area contributed by atoms with Crippen molar-refractivity contribution in [2.75, 3.05) is 14.2 Å². The molecule has 0 saturated heterocycles. The first kappa shape index (κ1) is 11.5. The third-order valence-corrected chi connectivity index (χ3v) is 2.45. The van der Waals surface area contributed by atoms with Gasteiger partial charge in [-0.15, -0.1) is 0 Å². The van der Waals surface area contributed by atoms with E-state index in [0.717, 1.165) is 0 Å². The average molecular weight is 270 g/mol. The topological polar surface area (TPSA) is 59.3 Å². The molecule has 0 aliphatic rings. The Balaban J connectivity index is 3.49. The molecule has 0 bridgehead atoms. The zero-order valence-corrected chi connectivity index (χ0v) is 9.79. The van der Waals surface area contributed by atoms with Crippen LogP contribution in [0.2, 0.25) is 0 Å². The Morgan fingerprint density at radius 1 is 1.47 bits per heavy atom. The van der Waals surface area contributed by atoms with Gasteiger partial charge < -0.3 is 9.47 Å². The molecular weight excluding hydrogens is 262 g/mol. The first-order chi connectivity index (χ1) is 7.15. The van der Waals surface area contributed by atoms with Crippen molar-refractivity contribution in [2.45, 2.75) is 0 Å². The van der Waals surface area contributed by atoms with Crippen molar-refractivity contribution in [1.82, 2.24) is 0 Å². The number of nitrogens with zero attached hydrogens (tertiary/aromatic N) is 1. The molecular formula is C10H8BrNO3. The molecule has 0 N–H and O–H groups in total. The van der Waals surface area contributed by atoms with E-state index in [4.69, 9.17) is 10.00 Å². The highest BCUT2D eigenvalue weighted by Gasteiger charge is 2.20. The number of carbonyl (C=O) groups excluding carboxylic acids is 1. The molecule has 78 valence electrons. The molecule has 0 unspecified atom stereocenters. The van der Waals surface area contributed by atoms with Gasteiger partial charge in [0.2, 0.25) is 0 Å². The zero-order chi connectivity index (χ0) is 11.4. The highest BCUT2D eigenvalue weighted by molar-refractivity contribution is 9.10. The summed E-state index contributed by atoms with van der Waals surface area (Å²) in [6, 6.07) is 5.08. The Kier molecular flexibility index (Phi) is 3.69. The van der Waals surface area contributed by atoms with Gasteiger partial charge in [-0.1, -0.05) is 0 Å². The molecule has 0 amide bonds. The quantitative estimate of drug-likeness (QED) is 0.772. The van der Waals surface area contributed by atoms with Crippen LogP contribution in [0.25, 0.3) is 0 Å². The molecule has 0 fully saturated rings. The summed E-state index contributed by atoms with van der Waals surface area (Å²) in [6.45, 7) is 0. The van der Waals surface area contributed by atoms with Crippen molar-refractivity contribution in [3.8, 4) is 11.8 Å². The van der Waals surface area contributed by atoms with Crippen LogP contribution in [0.5, 0.6) is 5.75 Å². The maximum atomic E-state index is 11.5. The van der Waals surface area contributed by atoms with Crippen LogP contribution in [-0.4, -0.2) is 20.2 Å². The second-order valence-electron chi connectivity index (χ2n) is 2.61. The number of hydrogen-bond donors (Lipinski definition) is 0. The van der Waals surface area contributed by atoms with Crippen LogP contribution in [0.4, 0.5) is 0 Å². The summed E-state index contributed by atoms with van der Waals surface area (Å²) in [5.41, 5.74) is 0.360. The van der Waals surface area contributed by atoms with Gasteiger partial charge in [0.05, 0.1) is 24.3 Å². The van der Waals surface area contributed by atoms with Gasteiger partial charge in [0, 0.05) is 0 Å². The number of benzene rings is 1. The van der Waals surface area contributed by atoms with Crippen LogP contribution in [0.15, 0.2) is 16.6 Å². The molecule has 0 spiro atoms. The number of halogens is 1. The number of nitriles is 1. The molecule has 4 nitrogen and oxygen atoms in total. The Morgan fingerprint density at radius 3 is 2.60 bits per heavy atom. The number of methoxy groups -OCH3 is 2. The molecule has 0 aliphatic carbocycles. The van der Waals surface area contributed by atoms with Gasteiger partial charge in [-0.3, -0.25) is 0 Å². The SMILES string of the molecule is COC(=O)c1c(C#N)ccc(Br)c1OC. The molecule has 0 saturated carbocycles. The summed E-state index contributed by atoms with van der Waals surface area (Å²) in [4.78, 5) is 11.5. The van der Waals surface area contributed by atoms with E-state index in [-0.39, 0.29) is 11.1 Å². The molecule has 5 heteroatoms. The minimum atomic E-state index is -0.593. The largest absolute Gasteiger partial charge is 0.495 e. The smallest absolute Gasteiger partial charge is 0.343 e. The molecule has 0 atom stereocenters. The first-order valence-electron chi connectivity index (χ1n) is 4.00. The molecule has 1 rings (SSSR count). The minimum absolute atomic E-state index is 0.136. The van der Waals surface area contributed by atoms with E-state index >= 15 is 0 Å². The predicted octanol–water partition coefficient (Wildman–Crippen LogP) is 2.12. The van der Waals surface area contributed by atoms with E-state index in [1.807, 2.05) is 6.07 Å². The van der Waals surface area contributed by atoms with Gasteiger partial charge in [0.1, 0.15) is 17.4 Å². The van der Waals surface area contributed by atoms with Crippen LogP contribution in [0, 0.1) is 11.3 Å². The number of carbonyl (C=O) groups is 1. The average Bonchev–Trinajstić information content (AvgIpc) is 2.27. The highest BCUT2D eigenvalue weighted by Crippen LogP contribution is 2.31. The van der Waals surface area contributed by atoms with E-state index in [9.17, 15) is 4.79 Å². The van der Waals surface area contributed by atoms with Crippen LogP contribution < -0.4 is 4.74 Å². The van der Waals surface area contributed by atoms with Crippen molar-refractivity contribution in [3.63, 3.8) is 0 Å². The van der Waals surface area contributed by atoms with Gasteiger partial charge in [0.25, 0.3) is 0 Å². The minimum Gasteiger partial charge on any atom is -0.495 e. The van der Waals surface area contributed by atoms with E-state index < -0.39 is 5.97 Å². The van der Waals surface area contributed by atoms with Crippen molar-refractivity contribution < 1.29 is 14.3 Å². The lowest BCUT2D eigenvalue weighted by Crippen LogP contribution is -2.07. The standard InChI is InChI=1S/C10H8BrNO3/c1-14-9-7(11)4-3-6(5-12)8(9)10(13)15-2/h3-4H,1-2H3. The summed E-state index contributed by atoms with van der Waals surface area (Å²) in [5.74, 6) is -0.286. The molecule has 0 radical (unpaired) electrons. The number of ether oxygens (including phenoxy) is 2. The van der Waals surface area contributed by atoms with Crippen molar-refractivity contribution >= 4 is 21.9 Å². The maximum absolute atomic E-state index is 11.5. The summed E-state index contributed by atoms with van der Waals surface area (Å²) in [5, 5.41) is 8.85. The second kappa shape index (κ2) is 4.80. The maximum Gasteiger partial charge on any atom is 0.343 e. The zero-order valence-electron chi connectivity index (χ0n) is 8.20. The number of rotatable bonds is 2. The lowest BCUT2D eigenvalue weighted by Gasteiger charge is -2.09. The lowest BCUT2D eigenvalue weighted by atomic mass is 10.1. The molecule has 15 heavy (non-hydrogen) atoms. The summed E-state index contributed by atoms with van der Waals surface area (Å²) < 4.78 is 10.2. The third kappa shape index (κ3) is 2.10. The van der Waals surface area contributed by atoms with Gasteiger partial charge in [-0.2, -0.15) is 5.26 Å². The first-order valence-corrected chi connectivity index (χ1v) is 4.80. The van der Waals surface area contributed by atoms with Crippen molar-refractivity contribution in [3.05, 3.63) is 27.7 Å². The summed E-state index contributed by atoms with van der Waals surface area (Å²) in [6.07, 6.45) is 0. The lowest BCUT2D eigenvalue weighted by molar-refractivity contribution is 0.0596. The number of esters is 1. The van der Waals surface area contributed by atoms with E-state index in [0.29, 0.717) is 10.2 Å². The fourth-order valence-electron chi connectivity index (χ4n) is 1.15. The van der Waals surface area contributed by atoms with Gasteiger partial charge in [-0.25, -0.2) is 4.79 Å². The Hall–Kier alpha value is -1.54. The van der Waals surface area contributed by atoms with Gasteiger partial charge >= 0.3 is 5.97 Å². The van der Waals surface area contributed by atoms with Crippen LogP contribution >= 0.6 is 15.9 Å².